The Labute approximate surface area is 186 Å². The highest BCUT2D eigenvalue weighted by Crippen LogP contribution is 2.33. The van der Waals surface area contributed by atoms with Gasteiger partial charge in [-0.1, -0.05) is 36.4 Å². The van der Waals surface area contributed by atoms with E-state index in [1.807, 2.05) is 59.5 Å². The highest BCUT2D eigenvalue weighted by atomic mass is 16.5. The van der Waals surface area contributed by atoms with Gasteiger partial charge in [-0.15, -0.1) is 0 Å². The van der Waals surface area contributed by atoms with Crippen molar-refractivity contribution in [3.8, 4) is 5.75 Å². The van der Waals surface area contributed by atoms with Crippen LogP contribution in [-0.2, 0) is 6.42 Å². The molecule has 0 unspecified atom stereocenters. The molecule has 6 nitrogen and oxygen atoms in total. The van der Waals surface area contributed by atoms with E-state index in [1.165, 1.54) is 0 Å². The first-order chi connectivity index (χ1) is 15.7. The minimum atomic E-state index is -0.184. The Kier molecular flexibility index (Phi) is 5.58. The lowest BCUT2D eigenvalue weighted by Gasteiger charge is -2.33. The van der Waals surface area contributed by atoms with Crippen molar-refractivity contribution < 1.29 is 13.9 Å². The van der Waals surface area contributed by atoms with E-state index in [0.717, 1.165) is 47.1 Å². The van der Waals surface area contributed by atoms with Crippen LogP contribution in [0.1, 0.15) is 53.0 Å². The minimum Gasteiger partial charge on any atom is -0.497 e. The Morgan fingerprint density at radius 2 is 2.03 bits per heavy atom. The van der Waals surface area contributed by atoms with E-state index in [4.69, 9.17) is 9.15 Å². The zero-order valence-corrected chi connectivity index (χ0v) is 18.0. The molecule has 1 aliphatic heterocycles. The van der Waals surface area contributed by atoms with Gasteiger partial charge in [-0.2, -0.15) is 0 Å². The van der Waals surface area contributed by atoms with Crippen LogP contribution in [0.25, 0.3) is 10.8 Å². The average molecular weight is 428 g/mol. The van der Waals surface area contributed by atoms with Gasteiger partial charge in [0.1, 0.15) is 23.2 Å². The molecule has 32 heavy (non-hydrogen) atoms. The predicted molar refractivity (Wildman–Crippen MR) is 122 cm³/mol. The van der Waals surface area contributed by atoms with Gasteiger partial charge in [0, 0.05) is 24.5 Å². The first kappa shape index (κ1) is 20.2. The lowest BCUT2D eigenvalue weighted by Crippen LogP contribution is -2.39. The van der Waals surface area contributed by atoms with E-state index in [1.54, 1.807) is 19.5 Å². The number of hydrogen-bond donors (Lipinski definition) is 0. The van der Waals surface area contributed by atoms with Gasteiger partial charge in [0.25, 0.3) is 5.91 Å². The number of aromatic nitrogens is 2. The maximum absolute atomic E-state index is 13.5. The molecule has 4 aromatic rings. The molecule has 3 heterocycles. The van der Waals surface area contributed by atoms with E-state index in [0.29, 0.717) is 24.6 Å². The molecule has 0 N–H and O–H groups in total. The number of benzene rings is 2. The minimum absolute atomic E-state index is 0.0703. The van der Waals surface area contributed by atoms with Crippen molar-refractivity contribution in [2.24, 2.45) is 0 Å². The zero-order valence-electron chi connectivity index (χ0n) is 18.0. The summed E-state index contributed by atoms with van der Waals surface area (Å²) < 4.78 is 11.4. The van der Waals surface area contributed by atoms with E-state index in [2.05, 4.69) is 9.97 Å². The van der Waals surface area contributed by atoms with Crippen LogP contribution in [0.15, 0.2) is 71.4 Å². The number of ether oxygens (including phenoxy) is 1. The second-order valence-corrected chi connectivity index (χ2v) is 8.08. The molecule has 0 radical (unpaired) electrons. The molecule has 162 valence electrons. The van der Waals surface area contributed by atoms with Crippen molar-refractivity contribution in [1.29, 1.82) is 0 Å². The number of methoxy groups -OCH3 is 1. The maximum atomic E-state index is 13.5. The number of hydrogen-bond acceptors (Lipinski definition) is 5. The smallest absolute Gasteiger partial charge is 0.273 e. The number of piperidine rings is 1. The van der Waals surface area contributed by atoms with E-state index in [-0.39, 0.29) is 11.9 Å². The number of amides is 1. The Morgan fingerprint density at radius 3 is 2.94 bits per heavy atom. The third-order valence-electron chi connectivity index (χ3n) is 6.01. The summed E-state index contributed by atoms with van der Waals surface area (Å²) in [6.07, 6.45) is 6.91. The van der Waals surface area contributed by atoms with Crippen LogP contribution < -0.4 is 4.74 Å². The fraction of sp³-hybridized carbons (Fsp3) is 0.269. The van der Waals surface area contributed by atoms with Gasteiger partial charge < -0.3 is 14.1 Å². The van der Waals surface area contributed by atoms with Gasteiger partial charge in [-0.25, -0.2) is 4.98 Å². The summed E-state index contributed by atoms with van der Waals surface area (Å²) in [6.45, 7) is 0.669. The normalized spacial score (nSPS) is 16.3. The van der Waals surface area contributed by atoms with Gasteiger partial charge >= 0.3 is 0 Å². The van der Waals surface area contributed by atoms with Crippen LogP contribution in [0.4, 0.5) is 0 Å². The molecule has 0 spiro atoms. The first-order valence-electron chi connectivity index (χ1n) is 10.9. The highest BCUT2D eigenvalue weighted by Gasteiger charge is 2.33. The molecular formula is C26H25N3O3. The lowest BCUT2D eigenvalue weighted by atomic mass is 10.0. The molecule has 2 aromatic heterocycles. The summed E-state index contributed by atoms with van der Waals surface area (Å²) in [5, 5.41) is 1.88. The van der Waals surface area contributed by atoms with Crippen molar-refractivity contribution in [3.05, 3.63) is 89.9 Å². The van der Waals surface area contributed by atoms with E-state index < -0.39 is 0 Å². The topological polar surface area (TPSA) is 68.5 Å². The Morgan fingerprint density at radius 1 is 1.12 bits per heavy atom. The summed E-state index contributed by atoms with van der Waals surface area (Å²) in [7, 11) is 1.66. The number of carbonyl (C=O) groups excluding carboxylic acids is 1. The van der Waals surface area contributed by atoms with Crippen LogP contribution in [0.2, 0.25) is 0 Å². The van der Waals surface area contributed by atoms with Crippen molar-refractivity contribution in [2.45, 2.75) is 31.7 Å². The van der Waals surface area contributed by atoms with Gasteiger partial charge in [0.2, 0.25) is 5.89 Å². The first-order valence-corrected chi connectivity index (χ1v) is 10.9. The van der Waals surface area contributed by atoms with E-state index in [9.17, 15) is 4.79 Å². The molecule has 1 atom stereocenters. The summed E-state index contributed by atoms with van der Waals surface area (Å²) in [6, 6.07) is 17.5. The quantitative estimate of drug-likeness (QED) is 0.438. The molecule has 0 aliphatic carbocycles. The van der Waals surface area contributed by atoms with Gasteiger partial charge in [0.15, 0.2) is 0 Å². The molecule has 1 fully saturated rings. The Bertz CT molecular complexity index is 1240. The third kappa shape index (κ3) is 3.96. The van der Waals surface area contributed by atoms with Crippen molar-refractivity contribution in [2.75, 3.05) is 13.7 Å². The number of carbonyl (C=O) groups is 1. The highest BCUT2D eigenvalue weighted by molar-refractivity contribution is 6.05. The molecule has 0 saturated carbocycles. The molecular weight excluding hydrogens is 402 g/mol. The van der Waals surface area contributed by atoms with Crippen LogP contribution in [0.5, 0.6) is 5.75 Å². The van der Waals surface area contributed by atoms with Gasteiger partial charge in [-0.3, -0.25) is 9.78 Å². The maximum Gasteiger partial charge on any atom is 0.273 e. The SMILES string of the molecule is COc1cccc(Cc2cnc([C@@H]3CCCCN3C(=O)c3nccc4ccccc34)o2)c1. The fourth-order valence-corrected chi connectivity index (χ4v) is 4.40. The predicted octanol–water partition coefficient (Wildman–Crippen LogP) is 5.19. The number of fused-ring (bicyclic) bond motifs is 1. The summed E-state index contributed by atoms with van der Waals surface area (Å²) >= 11 is 0. The molecule has 5 rings (SSSR count). The number of likely N-dealkylation sites (tertiary alicyclic amines) is 1. The second-order valence-electron chi connectivity index (χ2n) is 8.08. The fourth-order valence-electron chi connectivity index (χ4n) is 4.40. The Hall–Kier alpha value is -3.67. The summed E-state index contributed by atoms with van der Waals surface area (Å²) in [5.74, 6) is 2.11. The molecule has 1 amide bonds. The van der Waals surface area contributed by atoms with Crippen LogP contribution in [0, 0.1) is 0 Å². The van der Waals surface area contributed by atoms with Crippen LogP contribution in [-0.4, -0.2) is 34.4 Å². The van der Waals surface area contributed by atoms with Crippen LogP contribution >= 0.6 is 0 Å². The largest absolute Gasteiger partial charge is 0.497 e. The third-order valence-corrected chi connectivity index (χ3v) is 6.01. The summed E-state index contributed by atoms with van der Waals surface area (Å²) in [4.78, 5) is 24.4. The number of rotatable bonds is 5. The van der Waals surface area contributed by atoms with Crippen LogP contribution in [0.3, 0.4) is 0 Å². The van der Waals surface area contributed by atoms with E-state index >= 15 is 0 Å². The molecule has 2 aromatic carbocycles. The van der Waals surface area contributed by atoms with Gasteiger partial charge in [-0.05, 0) is 48.4 Å². The molecule has 6 heteroatoms. The standard InChI is InChI=1S/C26H25N3O3/c1-31-20-9-6-7-18(15-20)16-21-17-28-25(32-21)23-11-4-5-14-29(23)26(30)24-22-10-3-2-8-19(22)12-13-27-24/h2-3,6-10,12-13,15,17,23H,4-5,11,14,16H2,1H3/t23-/m0/s1. The molecule has 1 aliphatic rings. The second kappa shape index (κ2) is 8.83. The molecule has 1 saturated heterocycles. The zero-order chi connectivity index (χ0) is 21.9. The summed E-state index contributed by atoms with van der Waals surface area (Å²) in [5.41, 5.74) is 1.57. The number of oxazole rings is 1. The van der Waals surface area contributed by atoms with Crippen molar-refractivity contribution >= 4 is 16.7 Å². The number of nitrogens with zero attached hydrogens (tertiary/aromatic N) is 3. The van der Waals surface area contributed by atoms with Crippen molar-refractivity contribution in [1.82, 2.24) is 14.9 Å². The molecule has 0 bridgehead atoms. The van der Waals surface area contributed by atoms with Gasteiger partial charge in [0.05, 0.1) is 13.3 Å². The van der Waals surface area contributed by atoms with Crippen molar-refractivity contribution in [3.63, 3.8) is 0 Å². The Balaban J connectivity index is 1.41. The number of pyridine rings is 1. The lowest BCUT2D eigenvalue weighted by molar-refractivity contribution is 0.0566. The monoisotopic (exact) mass is 427 g/mol. The average Bonchev–Trinajstić information content (AvgIpc) is 3.31.